The van der Waals surface area contributed by atoms with Crippen LogP contribution in [0, 0.1) is 5.92 Å². The first kappa shape index (κ1) is 37.5. The van der Waals surface area contributed by atoms with Crippen LogP contribution in [-0.2, 0) is 28.0 Å². The van der Waals surface area contributed by atoms with Gasteiger partial charge in [-0.3, -0.25) is 48.6 Å². The maximum absolute atomic E-state index is 13.3. The van der Waals surface area contributed by atoms with Crippen molar-refractivity contribution in [3.63, 3.8) is 0 Å². The lowest BCUT2D eigenvalue weighted by molar-refractivity contribution is -0.136. The standard InChI is InChI=1S/C41H44N10O6/c1-49-32-11-8-25(19-26(32)21-44-49)38(54)45-27-9-10-29-31(20-27)47-34(46-29)23-50-18-15-24(22-50)14-17-43-35(52)7-2-3-16-42-30-6-4-5-28-37(30)41(57)51(40(28)56)33-12-13-36(53)48-39(33)55/h4-6,8-11,19-21,24,33,42H,2-3,7,12-18,22-23H2,1H3,(H,43,52)(H,45,54)(H,46,47)(H,48,53,55). The van der Waals surface area contributed by atoms with Crippen LogP contribution in [0.25, 0.3) is 21.9 Å². The highest BCUT2D eigenvalue weighted by atomic mass is 16.2. The number of piperidine rings is 1. The van der Waals surface area contributed by atoms with E-state index in [4.69, 9.17) is 4.98 Å². The Labute approximate surface area is 327 Å². The minimum atomic E-state index is -1.02. The number of imide groups is 2. The molecule has 2 fully saturated rings. The number of H-pyrrole nitrogens is 1. The zero-order valence-corrected chi connectivity index (χ0v) is 31.6. The molecule has 0 spiro atoms. The van der Waals surface area contributed by atoms with Gasteiger partial charge < -0.3 is 20.9 Å². The Morgan fingerprint density at radius 1 is 0.965 bits per heavy atom. The lowest BCUT2D eigenvalue weighted by Crippen LogP contribution is -2.54. The Balaban J connectivity index is 0.732. The molecule has 8 rings (SSSR count). The number of hydrogen-bond acceptors (Lipinski definition) is 10. The molecule has 6 amide bonds. The molecule has 3 aromatic carbocycles. The molecule has 0 bridgehead atoms. The summed E-state index contributed by atoms with van der Waals surface area (Å²) in [7, 11) is 1.87. The summed E-state index contributed by atoms with van der Waals surface area (Å²) in [6.07, 6.45) is 5.55. The van der Waals surface area contributed by atoms with E-state index in [0.29, 0.717) is 61.8 Å². The predicted octanol–water partition coefficient (Wildman–Crippen LogP) is 3.71. The van der Waals surface area contributed by atoms with E-state index in [2.05, 4.69) is 36.2 Å². The highest BCUT2D eigenvalue weighted by molar-refractivity contribution is 6.25. The van der Waals surface area contributed by atoms with Gasteiger partial charge in [0, 0.05) is 61.8 Å². The summed E-state index contributed by atoms with van der Waals surface area (Å²) >= 11 is 0. The number of likely N-dealkylation sites (tertiary alicyclic amines) is 1. The Morgan fingerprint density at radius 2 is 1.84 bits per heavy atom. The maximum atomic E-state index is 13.3. The third kappa shape index (κ3) is 7.98. The summed E-state index contributed by atoms with van der Waals surface area (Å²) < 4.78 is 1.77. The second-order valence-electron chi connectivity index (χ2n) is 15.0. The van der Waals surface area contributed by atoms with Gasteiger partial charge in [0.1, 0.15) is 11.9 Å². The van der Waals surface area contributed by atoms with Crippen LogP contribution in [0.5, 0.6) is 0 Å². The van der Waals surface area contributed by atoms with E-state index in [1.807, 2.05) is 37.4 Å². The van der Waals surface area contributed by atoms with Gasteiger partial charge in [0.2, 0.25) is 17.7 Å². The molecule has 2 atom stereocenters. The van der Waals surface area contributed by atoms with Crippen LogP contribution in [0.1, 0.15) is 81.8 Å². The molecule has 16 heteroatoms. The zero-order valence-electron chi connectivity index (χ0n) is 31.6. The predicted molar refractivity (Wildman–Crippen MR) is 211 cm³/mol. The average molecular weight is 773 g/mol. The zero-order chi connectivity index (χ0) is 39.6. The number of nitrogens with one attached hydrogen (secondary N) is 5. The molecule has 2 saturated heterocycles. The van der Waals surface area contributed by atoms with Crippen LogP contribution < -0.4 is 21.3 Å². The Morgan fingerprint density at radius 3 is 2.70 bits per heavy atom. The number of unbranched alkanes of at least 4 members (excludes halogenated alkanes) is 1. The molecular formula is C41H44N10O6. The lowest BCUT2D eigenvalue weighted by Gasteiger charge is -2.27. The number of benzene rings is 3. The largest absolute Gasteiger partial charge is 0.384 e. The molecule has 0 aliphatic carbocycles. The molecule has 5 N–H and O–H groups in total. The molecule has 16 nitrogen and oxygen atoms in total. The molecule has 57 heavy (non-hydrogen) atoms. The van der Waals surface area contributed by atoms with E-state index < -0.39 is 29.7 Å². The summed E-state index contributed by atoms with van der Waals surface area (Å²) in [5.41, 5.74) is 4.83. The molecule has 2 unspecified atom stereocenters. The number of carbonyl (C=O) groups excluding carboxylic acids is 6. The van der Waals surface area contributed by atoms with Crippen molar-refractivity contribution in [2.45, 2.75) is 57.5 Å². The van der Waals surface area contributed by atoms with Gasteiger partial charge in [0.15, 0.2) is 0 Å². The molecule has 294 valence electrons. The van der Waals surface area contributed by atoms with Crippen molar-refractivity contribution in [3.8, 4) is 0 Å². The Hall–Kier alpha value is -6.42. The highest BCUT2D eigenvalue weighted by Crippen LogP contribution is 2.32. The number of aromatic amines is 1. The number of anilines is 2. The summed E-state index contributed by atoms with van der Waals surface area (Å²) in [4.78, 5) is 87.4. The van der Waals surface area contributed by atoms with Gasteiger partial charge >= 0.3 is 0 Å². The number of amides is 6. The average Bonchev–Trinajstić information content (AvgIpc) is 3.97. The number of aryl methyl sites for hydroxylation is 1. The smallest absolute Gasteiger partial charge is 0.264 e. The van der Waals surface area contributed by atoms with Crippen LogP contribution >= 0.6 is 0 Å². The molecule has 0 radical (unpaired) electrons. The van der Waals surface area contributed by atoms with Crippen LogP contribution in [0.4, 0.5) is 11.4 Å². The van der Waals surface area contributed by atoms with E-state index >= 15 is 0 Å². The minimum Gasteiger partial charge on any atom is -0.384 e. The van der Waals surface area contributed by atoms with Crippen molar-refractivity contribution in [2.75, 3.05) is 36.8 Å². The second kappa shape index (κ2) is 16.0. The molecule has 0 saturated carbocycles. The fraction of sp³-hybridized carbons (Fsp3) is 0.366. The van der Waals surface area contributed by atoms with Crippen molar-refractivity contribution in [2.24, 2.45) is 13.0 Å². The minimum absolute atomic E-state index is 0.00138. The number of imidazole rings is 1. The van der Waals surface area contributed by atoms with Crippen molar-refractivity contribution < 1.29 is 28.8 Å². The van der Waals surface area contributed by atoms with Crippen molar-refractivity contribution >= 4 is 68.8 Å². The Bertz CT molecular complexity index is 2420. The van der Waals surface area contributed by atoms with Gasteiger partial charge in [-0.2, -0.15) is 5.10 Å². The van der Waals surface area contributed by atoms with Gasteiger partial charge in [0.05, 0.1) is 40.4 Å². The normalized spacial score (nSPS) is 18.4. The first-order valence-corrected chi connectivity index (χ1v) is 19.4. The fourth-order valence-electron chi connectivity index (χ4n) is 8.02. The molecule has 5 heterocycles. The molecule has 3 aliphatic heterocycles. The van der Waals surface area contributed by atoms with Crippen LogP contribution in [0.15, 0.2) is 60.8 Å². The van der Waals surface area contributed by atoms with E-state index in [1.54, 1.807) is 35.1 Å². The number of aromatic nitrogens is 4. The first-order chi connectivity index (χ1) is 27.6. The summed E-state index contributed by atoms with van der Waals surface area (Å²) in [5, 5.41) is 16.6. The van der Waals surface area contributed by atoms with Crippen LogP contribution in [0.3, 0.4) is 0 Å². The second-order valence-corrected chi connectivity index (χ2v) is 15.0. The third-order valence-corrected chi connectivity index (χ3v) is 11.0. The topological polar surface area (TPSA) is 204 Å². The number of fused-ring (bicyclic) bond motifs is 3. The van der Waals surface area contributed by atoms with Gasteiger partial charge in [-0.25, -0.2) is 4.98 Å². The Kier molecular flexibility index (Phi) is 10.5. The maximum Gasteiger partial charge on any atom is 0.264 e. The van der Waals surface area contributed by atoms with Crippen LogP contribution in [-0.4, -0.2) is 97.2 Å². The lowest BCUT2D eigenvalue weighted by atomic mass is 10.0. The molecule has 2 aromatic heterocycles. The van der Waals surface area contributed by atoms with Crippen LogP contribution in [0.2, 0.25) is 0 Å². The quantitative estimate of drug-likeness (QED) is 0.0818. The van der Waals surface area contributed by atoms with Gasteiger partial charge in [-0.15, -0.1) is 0 Å². The van der Waals surface area contributed by atoms with Crippen molar-refractivity contribution in [1.29, 1.82) is 0 Å². The highest BCUT2D eigenvalue weighted by Gasteiger charge is 2.45. The molecule has 3 aliphatic rings. The number of carbonyl (C=O) groups is 6. The molecule has 5 aromatic rings. The number of hydrogen-bond donors (Lipinski definition) is 5. The van der Waals surface area contributed by atoms with E-state index in [9.17, 15) is 28.8 Å². The fourth-order valence-corrected chi connectivity index (χ4v) is 8.02. The number of nitrogens with zero attached hydrogens (tertiary/aromatic N) is 5. The first-order valence-electron chi connectivity index (χ1n) is 19.4. The van der Waals surface area contributed by atoms with E-state index in [1.165, 1.54) is 0 Å². The van der Waals surface area contributed by atoms with Gasteiger partial charge in [0.25, 0.3) is 17.7 Å². The SMILES string of the molecule is Cn1ncc2cc(C(=O)Nc3ccc4[nH]c(CN5CCC(CCNC(=O)CCCCNc6cccc7c6C(=O)N(C6CCC(=O)NC6=O)C7=O)C5)nc4c3)ccc21. The summed E-state index contributed by atoms with van der Waals surface area (Å²) in [6, 6.07) is 15.1. The third-order valence-electron chi connectivity index (χ3n) is 11.0. The summed E-state index contributed by atoms with van der Waals surface area (Å²) in [5.74, 6) is -1.02. The number of rotatable bonds is 14. The van der Waals surface area contributed by atoms with Gasteiger partial charge in [-0.05, 0) is 93.1 Å². The van der Waals surface area contributed by atoms with E-state index in [-0.39, 0.29) is 35.8 Å². The summed E-state index contributed by atoms with van der Waals surface area (Å²) in [6.45, 7) is 3.66. The van der Waals surface area contributed by atoms with Crippen molar-refractivity contribution in [3.05, 3.63) is 83.3 Å². The molecular weight excluding hydrogens is 729 g/mol. The van der Waals surface area contributed by atoms with Crippen molar-refractivity contribution in [1.82, 2.24) is 40.2 Å². The van der Waals surface area contributed by atoms with E-state index in [0.717, 1.165) is 58.6 Å². The monoisotopic (exact) mass is 772 g/mol. The van der Waals surface area contributed by atoms with Gasteiger partial charge in [-0.1, -0.05) is 6.07 Å².